The second kappa shape index (κ2) is 10.6. The third-order valence-corrected chi connectivity index (χ3v) is 7.07. The molecule has 3 aromatic carbocycles. The van der Waals surface area contributed by atoms with E-state index in [1.165, 1.54) is 12.1 Å². The van der Waals surface area contributed by atoms with Crippen molar-refractivity contribution in [3.05, 3.63) is 83.0 Å². The first-order valence-corrected chi connectivity index (χ1v) is 12.6. The highest BCUT2D eigenvalue weighted by Gasteiger charge is 2.34. The van der Waals surface area contributed by atoms with Crippen molar-refractivity contribution in [3.8, 4) is 11.1 Å². The summed E-state index contributed by atoms with van der Waals surface area (Å²) >= 11 is 0. The number of amides is 1. The molecule has 1 aliphatic heterocycles. The number of piperazine rings is 1. The van der Waals surface area contributed by atoms with E-state index in [9.17, 15) is 18.0 Å². The summed E-state index contributed by atoms with van der Waals surface area (Å²) in [4.78, 5) is 25.5. The fourth-order valence-corrected chi connectivity index (χ4v) is 4.80. The zero-order chi connectivity index (χ0) is 27.7. The summed E-state index contributed by atoms with van der Waals surface area (Å²) in [6, 6.07) is 14.8. The van der Waals surface area contributed by atoms with Crippen LogP contribution in [0.2, 0.25) is 0 Å². The summed E-state index contributed by atoms with van der Waals surface area (Å²) in [6.07, 6.45) is -2.90. The Bertz CT molecular complexity index is 1530. The molecule has 5 rings (SSSR count). The van der Waals surface area contributed by atoms with Gasteiger partial charge < -0.3 is 16.0 Å². The van der Waals surface area contributed by atoms with Gasteiger partial charge in [-0.05, 0) is 72.6 Å². The number of carbonyl (C=O) groups excluding carboxylic acids is 1. The van der Waals surface area contributed by atoms with E-state index in [4.69, 9.17) is 5.73 Å². The minimum absolute atomic E-state index is 0.0945. The lowest BCUT2D eigenvalue weighted by molar-refractivity contribution is -0.138. The molecule has 1 amide bonds. The average Bonchev–Trinajstić information content (AvgIpc) is 2.90. The highest BCUT2D eigenvalue weighted by molar-refractivity contribution is 6.05. The first-order valence-electron chi connectivity index (χ1n) is 12.6. The van der Waals surface area contributed by atoms with Crippen molar-refractivity contribution in [1.29, 1.82) is 0 Å². The molecule has 0 atom stereocenters. The van der Waals surface area contributed by atoms with Crippen molar-refractivity contribution in [2.45, 2.75) is 19.6 Å². The minimum atomic E-state index is -4.54. The van der Waals surface area contributed by atoms with Crippen molar-refractivity contribution < 1.29 is 18.0 Å². The van der Waals surface area contributed by atoms with E-state index >= 15 is 0 Å². The molecule has 1 saturated heterocycles. The van der Waals surface area contributed by atoms with E-state index in [0.29, 0.717) is 24.2 Å². The highest BCUT2D eigenvalue weighted by atomic mass is 19.4. The molecule has 3 N–H and O–H groups in total. The number of carbonyl (C=O) groups is 1. The molecule has 39 heavy (non-hydrogen) atoms. The molecule has 7 nitrogen and oxygen atoms in total. The number of likely N-dealkylation sites (N-methyl/N-ethyl adjacent to an activating group) is 1. The molecule has 2 heterocycles. The molecule has 10 heteroatoms. The van der Waals surface area contributed by atoms with Crippen LogP contribution in [-0.4, -0.2) is 58.9 Å². The Balaban J connectivity index is 1.38. The summed E-state index contributed by atoms with van der Waals surface area (Å²) in [7, 11) is 2.00. The lowest BCUT2D eigenvalue weighted by atomic mass is 9.97. The Hall–Kier alpha value is -4.02. The van der Waals surface area contributed by atoms with Gasteiger partial charge in [0.15, 0.2) is 0 Å². The van der Waals surface area contributed by atoms with E-state index < -0.39 is 17.6 Å². The largest absolute Gasteiger partial charge is 0.416 e. The number of alkyl halides is 3. The maximum Gasteiger partial charge on any atom is 0.416 e. The van der Waals surface area contributed by atoms with Crippen LogP contribution in [0.25, 0.3) is 22.0 Å². The first kappa shape index (κ1) is 26.6. The summed E-state index contributed by atoms with van der Waals surface area (Å²) in [5, 5.41) is 3.45. The van der Waals surface area contributed by atoms with Crippen LogP contribution >= 0.6 is 0 Å². The molecule has 0 radical (unpaired) electrons. The van der Waals surface area contributed by atoms with Crippen LogP contribution in [0.5, 0.6) is 0 Å². The van der Waals surface area contributed by atoms with Crippen LogP contribution in [0.15, 0.2) is 60.8 Å². The first-order chi connectivity index (χ1) is 18.6. The molecule has 0 saturated carbocycles. The zero-order valence-electron chi connectivity index (χ0n) is 21.7. The number of aromatic nitrogens is 2. The van der Waals surface area contributed by atoms with Gasteiger partial charge in [0.1, 0.15) is 0 Å². The van der Waals surface area contributed by atoms with Crippen molar-refractivity contribution in [2.75, 3.05) is 44.3 Å². The fraction of sp³-hybridized carbons (Fsp3) is 0.276. The van der Waals surface area contributed by atoms with Crippen LogP contribution in [0, 0.1) is 6.92 Å². The van der Waals surface area contributed by atoms with Crippen molar-refractivity contribution >= 4 is 28.4 Å². The van der Waals surface area contributed by atoms with Gasteiger partial charge in [-0.1, -0.05) is 18.2 Å². The minimum Gasteiger partial charge on any atom is -0.368 e. The molecule has 0 unspecified atom stereocenters. The number of nitrogen functional groups attached to an aromatic ring is 1. The molecule has 1 fully saturated rings. The van der Waals surface area contributed by atoms with Gasteiger partial charge in [-0.2, -0.15) is 13.2 Å². The number of fused-ring (bicyclic) bond motifs is 1. The second-order valence-corrected chi connectivity index (χ2v) is 9.93. The molecule has 1 aromatic heterocycles. The molecular weight excluding hydrogens is 505 g/mol. The fourth-order valence-electron chi connectivity index (χ4n) is 4.80. The Labute approximate surface area is 224 Å². The van der Waals surface area contributed by atoms with Crippen molar-refractivity contribution in [1.82, 2.24) is 19.8 Å². The topological polar surface area (TPSA) is 87.4 Å². The predicted octanol–water partition coefficient (Wildman–Crippen LogP) is 5.21. The summed E-state index contributed by atoms with van der Waals surface area (Å²) in [5.74, 6) is -0.306. The van der Waals surface area contributed by atoms with Gasteiger partial charge in [0.05, 0.1) is 11.1 Å². The van der Waals surface area contributed by atoms with Crippen LogP contribution in [0.4, 0.5) is 24.8 Å². The van der Waals surface area contributed by atoms with E-state index in [1.807, 2.05) is 43.1 Å². The van der Waals surface area contributed by atoms with Crippen molar-refractivity contribution in [3.63, 3.8) is 0 Å². The molecule has 1 aliphatic rings. The van der Waals surface area contributed by atoms with Crippen LogP contribution in [-0.2, 0) is 12.7 Å². The molecule has 0 spiro atoms. The zero-order valence-corrected chi connectivity index (χ0v) is 21.7. The van der Waals surface area contributed by atoms with E-state index in [-0.39, 0.29) is 23.7 Å². The monoisotopic (exact) mass is 534 g/mol. The van der Waals surface area contributed by atoms with Crippen LogP contribution in [0.3, 0.4) is 0 Å². The molecular formula is C29H29F3N6O. The lowest BCUT2D eigenvalue weighted by Crippen LogP contribution is -2.44. The van der Waals surface area contributed by atoms with Crippen LogP contribution in [0.1, 0.15) is 27.0 Å². The van der Waals surface area contributed by atoms with Gasteiger partial charge in [0.25, 0.3) is 5.91 Å². The van der Waals surface area contributed by atoms with E-state index in [2.05, 4.69) is 20.2 Å². The number of halogens is 3. The Kier molecular flexibility index (Phi) is 7.24. The SMILES string of the molecule is Cc1ccc(C(=O)Nc2ccc(CN3CCN(C)CC3)c(C(F)(F)F)c2)cc1-c1ccc2nc(N)ncc2c1. The van der Waals surface area contributed by atoms with Gasteiger partial charge in [-0.15, -0.1) is 0 Å². The Morgan fingerprint density at radius 2 is 1.79 bits per heavy atom. The highest BCUT2D eigenvalue weighted by Crippen LogP contribution is 2.35. The summed E-state index contributed by atoms with van der Waals surface area (Å²) < 4.78 is 41.9. The van der Waals surface area contributed by atoms with Gasteiger partial charge >= 0.3 is 6.18 Å². The Morgan fingerprint density at radius 3 is 2.54 bits per heavy atom. The van der Waals surface area contributed by atoms with Gasteiger partial charge in [-0.25, -0.2) is 9.97 Å². The third kappa shape index (κ3) is 6.02. The van der Waals surface area contributed by atoms with E-state index in [0.717, 1.165) is 41.2 Å². The summed E-state index contributed by atoms with van der Waals surface area (Å²) in [5.41, 5.74) is 8.88. The summed E-state index contributed by atoms with van der Waals surface area (Å²) in [6.45, 7) is 5.18. The number of hydrogen-bond acceptors (Lipinski definition) is 6. The smallest absolute Gasteiger partial charge is 0.368 e. The molecule has 0 aliphatic carbocycles. The number of nitrogens with zero attached hydrogens (tertiary/aromatic N) is 4. The number of nitrogens with two attached hydrogens (primary N) is 1. The van der Waals surface area contributed by atoms with E-state index in [1.54, 1.807) is 18.3 Å². The Morgan fingerprint density at radius 1 is 1.03 bits per heavy atom. The molecule has 202 valence electrons. The molecule has 0 bridgehead atoms. The number of hydrogen-bond donors (Lipinski definition) is 2. The lowest BCUT2D eigenvalue weighted by Gasteiger charge is -2.33. The standard InChI is InChI=1S/C29H29F3N6O/c1-18-3-4-20(14-24(18)19-6-8-26-22(13-19)16-34-28(33)36-26)27(39)35-23-7-5-21(25(15-23)29(30,31)32)17-38-11-9-37(2)10-12-38/h3-8,13-16H,9-12,17H2,1-2H3,(H,35,39)(H2,33,34,36). The van der Waals surface area contributed by atoms with Gasteiger partial charge in [0.2, 0.25) is 5.95 Å². The maximum absolute atomic E-state index is 14.0. The van der Waals surface area contributed by atoms with Gasteiger partial charge in [0, 0.05) is 55.6 Å². The number of aryl methyl sites for hydroxylation is 1. The predicted molar refractivity (Wildman–Crippen MR) is 146 cm³/mol. The third-order valence-electron chi connectivity index (χ3n) is 7.07. The normalized spacial score (nSPS) is 15.0. The number of anilines is 2. The maximum atomic E-state index is 14.0. The number of nitrogens with one attached hydrogen (secondary N) is 1. The van der Waals surface area contributed by atoms with Crippen molar-refractivity contribution in [2.24, 2.45) is 0 Å². The number of benzene rings is 3. The van der Waals surface area contributed by atoms with Crippen LogP contribution < -0.4 is 11.1 Å². The average molecular weight is 535 g/mol. The number of rotatable bonds is 5. The quantitative estimate of drug-likeness (QED) is 0.366. The second-order valence-electron chi connectivity index (χ2n) is 9.93. The van der Waals surface area contributed by atoms with Gasteiger partial charge in [-0.3, -0.25) is 9.69 Å². The molecule has 4 aromatic rings.